The summed E-state index contributed by atoms with van der Waals surface area (Å²) in [4.78, 5) is 26.0. The van der Waals surface area contributed by atoms with Crippen molar-refractivity contribution in [1.29, 1.82) is 0 Å². The third-order valence-corrected chi connectivity index (χ3v) is 4.51. The number of hydrogen-bond donors (Lipinski definition) is 0. The van der Waals surface area contributed by atoms with E-state index in [4.69, 9.17) is 25.8 Å². The molecule has 0 unspecified atom stereocenters. The van der Waals surface area contributed by atoms with Crippen molar-refractivity contribution in [3.63, 3.8) is 0 Å². The number of ether oxygens (including phenoxy) is 3. The molecule has 26 heavy (non-hydrogen) atoms. The molecule has 0 N–H and O–H groups in total. The fourth-order valence-electron chi connectivity index (χ4n) is 2.94. The minimum Gasteiger partial charge on any atom is -0.493 e. The molecule has 0 aliphatic carbocycles. The highest BCUT2D eigenvalue weighted by Crippen LogP contribution is 2.36. The topological polar surface area (TPSA) is 65.1 Å². The Morgan fingerprint density at radius 3 is 2.73 bits per heavy atom. The molecule has 1 aliphatic heterocycles. The van der Waals surface area contributed by atoms with Crippen LogP contribution in [0.1, 0.15) is 25.3 Å². The molecule has 0 aromatic heterocycles. The third kappa shape index (κ3) is 4.91. The van der Waals surface area contributed by atoms with Crippen LogP contribution < -0.4 is 9.47 Å². The van der Waals surface area contributed by atoms with Gasteiger partial charge in [-0.3, -0.25) is 9.59 Å². The number of carbonyl (C=O) groups excluding carboxylic acids is 2. The monoisotopic (exact) mass is 381 g/mol. The second-order valence-corrected chi connectivity index (χ2v) is 6.35. The summed E-state index contributed by atoms with van der Waals surface area (Å²) in [7, 11) is 3.04. The number of rotatable bonds is 6. The van der Waals surface area contributed by atoms with Gasteiger partial charge < -0.3 is 19.1 Å². The zero-order chi connectivity index (χ0) is 19.1. The fourth-order valence-corrected chi connectivity index (χ4v) is 3.23. The van der Waals surface area contributed by atoms with E-state index in [9.17, 15) is 9.59 Å². The van der Waals surface area contributed by atoms with Gasteiger partial charge in [0.25, 0.3) is 0 Å². The SMILES string of the molecule is CCOC(=O)[C@@H]1CCCN(C(=O)/C=C/c2cc(Cl)c(OC)c(OC)c2)C1. The number of carbonyl (C=O) groups is 2. The van der Waals surface area contributed by atoms with Crippen molar-refractivity contribution in [1.82, 2.24) is 4.90 Å². The van der Waals surface area contributed by atoms with E-state index in [-0.39, 0.29) is 17.8 Å². The molecule has 1 atom stereocenters. The van der Waals surface area contributed by atoms with Crippen LogP contribution in [0.15, 0.2) is 18.2 Å². The number of methoxy groups -OCH3 is 2. The molecule has 0 spiro atoms. The minimum absolute atomic E-state index is 0.148. The van der Waals surface area contributed by atoms with E-state index in [1.165, 1.54) is 20.3 Å². The summed E-state index contributed by atoms with van der Waals surface area (Å²) in [6.07, 6.45) is 4.68. The second-order valence-electron chi connectivity index (χ2n) is 5.95. The van der Waals surface area contributed by atoms with E-state index in [1.54, 1.807) is 30.0 Å². The molecule has 142 valence electrons. The Balaban J connectivity index is 2.07. The van der Waals surface area contributed by atoms with Crippen molar-refractivity contribution in [3.8, 4) is 11.5 Å². The second kappa shape index (κ2) is 9.48. The predicted octanol–water partition coefficient (Wildman–Crippen LogP) is 3.17. The van der Waals surface area contributed by atoms with Crippen LogP contribution in [0.25, 0.3) is 6.08 Å². The van der Waals surface area contributed by atoms with Crippen molar-refractivity contribution in [3.05, 3.63) is 28.8 Å². The summed E-state index contributed by atoms with van der Waals surface area (Å²) >= 11 is 6.18. The van der Waals surface area contributed by atoms with Crippen LogP contribution in [0.4, 0.5) is 0 Å². The molecule has 1 fully saturated rings. The maximum atomic E-state index is 12.5. The lowest BCUT2D eigenvalue weighted by atomic mass is 9.98. The molecule has 0 bridgehead atoms. The van der Waals surface area contributed by atoms with Crippen LogP contribution in [-0.4, -0.2) is 50.7 Å². The van der Waals surface area contributed by atoms with Crippen LogP contribution in [-0.2, 0) is 14.3 Å². The van der Waals surface area contributed by atoms with Gasteiger partial charge in [0, 0.05) is 19.2 Å². The van der Waals surface area contributed by atoms with E-state index >= 15 is 0 Å². The zero-order valence-corrected chi connectivity index (χ0v) is 16.0. The van der Waals surface area contributed by atoms with E-state index in [2.05, 4.69) is 0 Å². The first-order valence-electron chi connectivity index (χ1n) is 8.55. The Morgan fingerprint density at radius 1 is 1.31 bits per heavy atom. The molecule has 6 nitrogen and oxygen atoms in total. The van der Waals surface area contributed by atoms with Crippen molar-refractivity contribution in [2.24, 2.45) is 5.92 Å². The Hall–Kier alpha value is -2.21. The van der Waals surface area contributed by atoms with Crippen molar-refractivity contribution in [2.75, 3.05) is 33.9 Å². The van der Waals surface area contributed by atoms with Gasteiger partial charge in [0.05, 0.1) is 31.8 Å². The van der Waals surface area contributed by atoms with Crippen LogP contribution in [0, 0.1) is 5.92 Å². The largest absolute Gasteiger partial charge is 0.493 e. The Morgan fingerprint density at radius 2 is 2.08 bits per heavy atom. The standard InChI is InChI=1S/C19H24ClNO5/c1-4-26-19(23)14-6-5-9-21(12-14)17(22)8-7-13-10-15(20)18(25-3)16(11-13)24-2/h7-8,10-11,14H,4-6,9,12H2,1-3H3/b8-7+/t14-/m1/s1. The highest BCUT2D eigenvalue weighted by molar-refractivity contribution is 6.32. The van der Waals surface area contributed by atoms with Crippen LogP contribution >= 0.6 is 11.6 Å². The van der Waals surface area contributed by atoms with Crippen LogP contribution in [0.2, 0.25) is 5.02 Å². The Kier molecular flexibility index (Phi) is 7.33. The van der Waals surface area contributed by atoms with Crippen molar-refractivity contribution in [2.45, 2.75) is 19.8 Å². The molecule has 1 aromatic carbocycles. The number of likely N-dealkylation sites (tertiary alicyclic amines) is 1. The van der Waals surface area contributed by atoms with Gasteiger partial charge in [0.1, 0.15) is 0 Å². The van der Waals surface area contributed by atoms with Crippen molar-refractivity contribution < 1.29 is 23.8 Å². The number of esters is 1. The van der Waals surface area contributed by atoms with E-state index in [1.807, 2.05) is 0 Å². The van der Waals surface area contributed by atoms with Gasteiger partial charge in [0.15, 0.2) is 11.5 Å². The third-order valence-electron chi connectivity index (χ3n) is 4.23. The van der Waals surface area contributed by atoms with Gasteiger partial charge in [-0.15, -0.1) is 0 Å². The average Bonchev–Trinajstić information content (AvgIpc) is 2.65. The van der Waals surface area contributed by atoms with Gasteiger partial charge in [0.2, 0.25) is 5.91 Å². The maximum Gasteiger partial charge on any atom is 0.310 e. The number of amides is 1. The molecule has 1 saturated heterocycles. The number of piperidine rings is 1. The van der Waals surface area contributed by atoms with Gasteiger partial charge in [-0.2, -0.15) is 0 Å². The first-order chi connectivity index (χ1) is 12.5. The zero-order valence-electron chi connectivity index (χ0n) is 15.3. The van der Waals surface area contributed by atoms with Gasteiger partial charge in [-0.1, -0.05) is 11.6 Å². The number of hydrogen-bond acceptors (Lipinski definition) is 5. The Labute approximate surface area is 158 Å². The van der Waals surface area contributed by atoms with Gasteiger partial charge in [-0.05, 0) is 43.5 Å². The first-order valence-corrected chi connectivity index (χ1v) is 8.93. The molecule has 2 rings (SSSR count). The summed E-state index contributed by atoms with van der Waals surface area (Å²) < 4.78 is 15.5. The quantitative estimate of drug-likeness (QED) is 0.559. The molecule has 1 aromatic rings. The molecular weight excluding hydrogens is 358 g/mol. The molecule has 0 radical (unpaired) electrons. The molecule has 1 aliphatic rings. The van der Waals surface area contributed by atoms with Gasteiger partial charge in [-0.25, -0.2) is 0 Å². The average molecular weight is 382 g/mol. The van der Waals surface area contributed by atoms with Crippen LogP contribution in [0.5, 0.6) is 11.5 Å². The summed E-state index contributed by atoms with van der Waals surface area (Å²) in [5.41, 5.74) is 0.722. The molecule has 1 heterocycles. The first kappa shape index (κ1) is 20.1. The summed E-state index contributed by atoms with van der Waals surface area (Å²) in [6.45, 7) is 3.14. The maximum absolute atomic E-state index is 12.5. The lowest BCUT2D eigenvalue weighted by molar-refractivity contribution is -0.150. The van der Waals surface area contributed by atoms with E-state index < -0.39 is 0 Å². The number of halogens is 1. The normalized spacial score (nSPS) is 17.2. The number of benzene rings is 1. The fraction of sp³-hybridized carbons (Fsp3) is 0.474. The summed E-state index contributed by atoms with van der Waals surface area (Å²) in [5, 5.41) is 0.402. The summed E-state index contributed by atoms with van der Waals surface area (Å²) in [5.74, 6) is 0.306. The predicted molar refractivity (Wildman–Crippen MR) is 99.5 cm³/mol. The van der Waals surface area contributed by atoms with Gasteiger partial charge >= 0.3 is 5.97 Å². The molecular formula is C19H24ClNO5. The van der Waals surface area contributed by atoms with Crippen LogP contribution in [0.3, 0.4) is 0 Å². The number of nitrogens with zero attached hydrogens (tertiary/aromatic N) is 1. The smallest absolute Gasteiger partial charge is 0.310 e. The lowest BCUT2D eigenvalue weighted by Gasteiger charge is -2.30. The summed E-state index contributed by atoms with van der Waals surface area (Å²) in [6, 6.07) is 3.44. The highest BCUT2D eigenvalue weighted by atomic mass is 35.5. The van der Waals surface area contributed by atoms with E-state index in [0.717, 1.165) is 18.4 Å². The van der Waals surface area contributed by atoms with Crippen molar-refractivity contribution >= 4 is 29.6 Å². The highest BCUT2D eigenvalue weighted by Gasteiger charge is 2.28. The van der Waals surface area contributed by atoms with E-state index in [0.29, 0.717) is 36.2 Å². The minimum atomic E-state index is -0.253. The molecule has 1 amide bonds. The lowest BCUT2D eigenvalue weighted by Crippen LogP contribution is -2.42. The Bertz CT molecular complexity index is 689. The molecule has 7 heteroatoms. The molecule has 0 saturated carbocycles.